The molecule has 192 valence electrons. The highest BCUT2D eigenvalue weighted by Crippen LogP contribution is 2.43. The summed E-state index contributed by atoms with van der Waals surface area (Å²) >= 11 is 0. The first-order valence-electron chi connectivity index (χ1n) is 12.5. The SMILES string of the molecule is COCCN1C(=O)C(C)(C)c2ccc(Nc3ncc(C)c(Nc4ccccc4NC(=O)C4CC4)n3)cc21. The second-order valence-electron chi connectivity index (χ2n) is 10.1. The fourth-order valence-electron chi connectivity index (χ4n) is 4.49. The molecular formula is C28H32N6O3. The lowest BCUT2D eigenvalue weighted by molar-refractivity contribution is -0.122. The quantitative estimate of drug-likeness (QED) is 0.384. The number of aromatic nitrogens is 2. The number of carbonyl (C=O) groups excluding carboxylic acids is 2. The molecule has 0 saturated heterocycles. The Morgan fingerprint density at radius 2 is 1.89 bits per heavy atom. The zero-order valence-electron chi connectivity index (χ0n) is 21.6. The van der Waals surface area contributed by atoms with Gasteiger partial charge in [0, 0.05) is 37.0 Å². The van der Waals surface area contributed by atoms with Crippen molar-refractivity contribution in [2.45, 2.75) is 39.0 Å². The van der Waals surface area contributed by atoms with Gasteiger partial charge in [0.15, 0.2) is 0 Å². The van der Waals surface area contributed by atoms with Gasteiger partial charge in [-0.1, -0.05) is 18.2 Å². The number of methoxy groups -OCH3 is 1. The fourth-order valence-corrected chi connectivity index (χ4v) is 4.49. The normalized spacial score (nSPS) is 15.9. The Labute approximate surface area is 216 Å². The summed E-state index contributed by atoms with van der Waals surface area (Å²) in [6, 6.07) is 13.5. The number of hydrogen-bond acceptors (Lipinski definition) is 7. The summed E-state index contributed by atoms with van der Waals surface area (Å²) in [6.45, 7) is 6.76. The van der Waals surface area contributed by atoms with Crippen LogP contribution in [0.15, 0.2) is 48.7 Å². The maximum Gasteiger partial charge on any atom is 0.237 e. The van der Waals surface area contributed by atoms with E-state index in [4.69, 9.17) is 4.74 Å². The molecule has 1 fully saturated rings. The third-order valence-corrected chi connectivity index (χ3v) is 6.87. The van der Waals surface area contributed by atoms with Crippen LogP contribution in [-0.4, -0.2) is 42.0 Å². The standard InChI is InChI=1S/C28H32N6O3/c1-17-16-29-27(33-24(17)31-21-7-5-6-8-22(21)32-25(35)18-9-10-18)30-19-11-12-20-23(15-19)34(13-14-37-4)26(36)28(20,2)3/h5-8,11-12,15-16,18H,9-10,13-14H2,1-4H3,(H,32,35)(H2,29,30,31,33). The Morgan fingerprint density at radius 3 is 2.62 bits per heavy atom. The number of benzene rings is 2. The Hall–Kier alpha value is -3.98. The molecule has 0 spiro atoms. The highest BCUT2D eigenvalue weighted by molar-refractivity contribution is 6.08. The van der Waals surface area contributed by atoms with Gasteiger partial charge in [0.05, 0.1) is 29.1 Å². The molecule has 2 heterocycles. The van der Waals surface area contributed by atoms with Crippen LogP contribution >= 0.6 is 0 Å². The van der Waals surface area contributed by atoms with Gasteiger partial charge in [-0.05, 0) is 63.4 Å². The first-order chi connectivity index (χ1) is 17.8. The molecule has 9 heteroatoms. The molecule has 1 aliphatic heterocycles. The van der Waals surface area contributed by atoms with Gasteiger partial charge < -0.3 is 25.6 Å². The van der Waals surface area contributed by atoms with Gasteiger partial charge in [-0.3, -0.25) is 9.59 Å². The largest absolute Gasteiger partial charge is 0.383 e. The fraction of sp³-hybridized carbons (Fsp3) is 0.357. The summed E-state index contributed by atoms with van der Waals surface area (Å²) in [5.41, 5.74) is 4.37. The van der Waals surface area contributed by atoms with Crippen molar-refractivity contribution in [2.75, 3.05) is 41.1 Å². The average molecular weight is 501 g/mol. The highest BCUT2D eigenvalue weighted by atomic mass is 16.5. The second-order valence-corrected chi connectivity index (χ2v) is 10.1. The van der Waals surface area contributed by atoms with Crippen molar-refractivity contribution in [3.8, 4) is 0 Å². The van der Waals surface area contributed by atoms with E-state index in [0.29, 0.717) is 30.6 Å². The van der Waals surface area contributed by atoms with Gasteiger partial charge in [-0.2, -0.15) is 4.98 Å². The summed E-state index contributed by atoms with van der Waals surface area (Å²) in [6.07, 6.45) is 3.63. The van der Waals surface area contributed by atoms with Crippen LogP contribution in [0.4, 0.5) is 34.5 Å². The van der Waals surface area contributed by atoms with E-state index in [1.54, 1.807) is 18.2 Å². The highest BCUT2D eigenvalue weighted by Gasteiger charge is 2.43. The topological polar surface area (TPSA) is 108 Å². The van der Waals surface area contributed by atoms with Gasteiger partial charge in [0.2, 0.25) is 17.8 Å². The summed E-state index contributed by atoms with van der Waals surface area (Å²) < 4.78 is 5.22. The van der Waals surface area contributed by atoms with Crippen molar-refractivity contribution in [1.82, 2.24) is 9.97 Å². The van der Waals surface area contributed by atoms with Crippen LogP contribution < -0.4 is 20.9 Å². The van der Waals surface area contributed by atoms with Gasteiger partial charge >= 0.3 is 0 Å². The van der Waals surface area contributed by atoms with Crippen LogP contribution in [-0.2, 0) is 19.7 Å². The molecular weight excluding hydrogens is 468 g/mol. The zero-order valence-corrected chi connectivity index (χ0v) is 21.6. The number of nitrogens with one attached hydrogen (secondary N) is 3. The van der Waals surface area contributed by atoms with E-state index >= 15 is 0 Å². The Balaban J connectivity index is 1.38. The monoisotopic (exact) mass is 500 g/mol. The van der Waals surface area contributed by atoms with Crippen molar-refractivity contribution < 1.29 is 14.3 Å². The predicted octanol–water partition coefficient (Wildman–Crippen LogP) is 4.89. The summed E-state index contributed by atoms with van der Waals surface area (Å²) in [4.78, 5) is 36.3. The minimum atomic E-state index is -0.596. The molecule has 3 aromatic rings. The summed E-state index contributed by atoms with van der Waals surface area (Å²) in [5.74, 6) is 1.27. The number of para-hydroxylation sites is 2. The van der Waals surface area contributed by atoms with E-state index < -0.39 is 5.41 Å². The number of hydrogen-bond donors (Lipinski definition) is 3. The number of ether oxygens (including phenoxy) is 1. The van der Waals surface area contributed by atoms with Crippen LogP contribution in [0.5, 0.6) is 0 Å². The molecule has 5 rings (SSSR count). The lowest BCUT2D eigenvalue weighted by Gasteiger charge is -2.20. The number of rotatable bonds is 9. The zero-order chi connectivity index (χ0) is 26.2. The Bertz CT molecular complexity index is 1350. The van der Waals surface area contributed by atoms with Crippen LogP contribution in [0.3, 0.4) is 0 Å². The second kappa shape index (κ2) is 9.82. The molecule has 3 N–H and O–H groups in total. The van der Waals surface area contributed by atoms with E-state index in [2.05, 4.69) is 25.9 Å². The van der Waals surface area contributed by atoms with Crippen LogP contribution in [0.25, 0.3) is 0 Å². The third-order valence-electron chi connectivity index (χ3n) is 6.87. The lowest BCUT2D eigenvalue weighted by Crippen LogP contribution is -2.37. The third kappa shape index (κ3) is 4.99. The van der Waals surface area contributed by atoms with Gasteiger partial charge in [-0.25, -0.2) is 4.98 Å². The van der Waals surface area contributed by atoms with Crippen molar-refractivity contribution in [1.29, 1.82) is 0 Å². The minimum Gasteiger partial charge on any atom is -0.383 e. The number of aryl methyl sites for hydroxylation is 1. The number of anilines is 6. The molecule has 9 nitrogen and oxygen atoms in total. The first kappa shape index (κ1) is 24.7. The van der Waals surface area contributed by atoms with E-state index in [1.807, 2.05) is 63.2 Å². The molecule has 2 aromatic carbocycles. The molecule has 1 aromatic heterocycles. The number of carbonyl (C=O) groups is 2. The average Bonchev–Trinajstić information content (AvgIpc) is 3.71. The van der Waals surface area contributed by atoms with Gasteiger partial charge in [0.25, 0.3) is 0 Å². The lowest BCUT2D eigenvalue weighted by atomic mass is 9.86. The molecule has 0 bridgehead atoms. The van der Waals surface area contributed by atoms with Crippen molar-refractivity contribution in [2.24, 2.45) is 5.92 Å². The van der Waals surface area contributed by atoms with Gasteiger partial charge in [0.1, 0.15) is 5.82 Å². The summed E-state index contributed by atoms with van der Waals surface area (Å²) in [5, 5.41) is 9.64. The Kier molecular flexibility index (Phi) is 6.55. The van der Waals surface area contributed by atoms with E-state index in [9.17, 15) is 9.59 Å². The van der Waals surface area contributed by atoms with Crippen molar-refractivity contribution in [3.63, 3.8) is 0 Å². The predicted molar refractivity (Wildman–Crippen MR) is 145 cm³/mol. The van der Waals surface area contributed by atoms with Crippen LogP contribution in [0, 0.1) is 12.8 Å². The van der Waals surface area contributed by atoms with Crippen molar-refractivity contribution in [3.05, 3.63) is 59.8 Å². The van der Waals surface area contributed by atoms with Crippen LogP contribution in [0.1, 0.15) is 37.8 Å². The van der Waals surface area contributed by atoms with Crippen molar-refractivity contribution >= 4 is 46.3 Å². The van der Waals surface area contributed by atoms with Gasteiger partial charge in [-0.15, -0.1) is 0 Å². The Morgan fingerprint density at radius 1 is 1.14 bits per heavy atom. The summed E-state index contributed by atoms with van der Waals surface area (Å²) in [7, 11) is 1.63. The molecule has 2 aliphatic rings. The molecule has 2 amide bonds. The molecule has 0 radical (unpaired) electrons. The van der Waals surface area contributed by atoms with Crippen LogP contribution in [0.2, 0.25) is 0 Å². The molecule has 1 saturated carbocycles. The van der Waals surface area contributed by atoms with E-state index in [1.165, 1.54) is 0 Å². The maximum absolute atomic E-state index is 13.0. The van der Waals surface area contributed by atoms with E-state index in [-0.39, 0.29) is 17.7 Å². The molecule has 1 aliphatic carbocycles. The number of fused-ring (bicyclic) bond motifs is 1. The maximum atomic E-state index is 13.0. The molecule has 0 unspecified atom stereocenters. The number of nitrogens with zero attached hydrogens (tertiary/aromatic N) is 3. The smallest absolute Gasteiger partial charge is 0.237 e. The van der Waals surface area contributed by atoms with E-state index in [0.717, 1.165) is 41.0 Å². The number of amides is 2. The first-order valence-corrected chi connectivity index (χ1v) is 12.5. The molecule has 0 atom stereocenters. The molecule has 37 heavy (non-hydrogen) atoms. The minimum absolute atomic E-state index is 0.0498.